The highest BCUT2D eigenvalue weighted by atomic mass is 16.5. The standard InChI is InChI=1S/C16H16N2O3/c1-19-14-8-12(9-15(20-2)16(14)21-3)18-13-7-5-4-6-11(13)10-17/h4-9,18H,1-3H3. The van der Waals surface area contributed by atoms with Crippen LogP contribution in [0.1, 0.15) is 5.56 Å². The Morgan fingerprint density at radius 1 is 0.952 bits per heavy atom. The summed E-state index contributed by atoms with van der Waals surface area (Å²) in [5.41, 5.74) is 2.02. The van der Waals surface area contributed by atoms with Crippen molar-refractivity contribution in [1.82, 2.24) is 0 Å². The maximum Gasteiger partial charge on any atom is 0.203 e. The summed E-state index contributed by atoms with van der Waals surface area (Å²) in [4.78, 5) is 0. The zero-order chi connectivity index (χ0) is 15.2. The van der Waals surface area contributed by atoms with Crippen LogP contribution < -0.4 is 19.5 Å². The lowest BCUT2D eigenvalue weighted by Gasteiger charge is -2.15. The van der Waals surface area contributed by atoms with Gasteiger partial charge in [-0.25, -0.2) is 0 Å². The highest BCUT2D eigenvalue weighted by molar-refractivity contribution is 5.71. The lowest BCUT2D eigenvalue weighted by Crippen LogP contribution is -1.98. The predicted molar refractivity (Wildman–Crippen MR) is 80.5 cm³/mol. The first-order valence-corrected chi connectivity index (χ1v) is 6.29. The molecule has 0 saturated heterocycles. The minimum Gasteiger partial charge on any atom is -0.493 e. The van der Waals surface area contributed by atoms with Gasteiger partial charge in [0.1, 0.15) is 6.07 Å². The number of nitrogens with one attached hydrogen (secondary N) is 1. The van der Waals surface area contributed by atoms with E-state index in [0.29, 0.717) is 28.5 Å². The van der Waals surface area contributed by atoms with Crippen molar-refractivity contribution >= 4 is 11.4 Å². The number of methoxy groups -OCH3 is 3. The number of nitrogens with zero attached hydrogens (tertiary/aromatic N) is 1. The van der Waals surface area contributed by atoms with Crippen LogP contribution in [-0.4, -0.2) is 21.3 Å². The van der Waals surface area contributed by atoms with Crippen LogP contribution in [0.3, 0.4) is 0 Å². The van der Waals surface area contributed by atoms with E-state index in [4.69, 9.17) is 19.5 Å². The minimum absolute atomic E-state index is 0.527. The van der Waals surface area contributed by atoms with Crippen molar-refractivity contribution in [2.45, 2.75) is 0 Å². The lowest BCUT2D eigenvalue weighted by atomic mass is 10.2. The molecule has 0 unspecified atom stereocenters. The van der Waals surface area contributed by atoms with Crippen molar-refractivity contribution < 1.29 is 14.2 Å². The maximum atomic E-state index is 9.12. The summed E-state index contributed by atoms with van der Waals surface area (Å²) in [6, 6.07) is 13.0. The molecular weight excluding hydrogens is 268 g/mol. The van der Waals surface area contributed by atoms with Crippen LogP contribution in [-0.2, 0) is 0 Å². The monoisotopic (exact) mass is 284 g/mol. The van der Waals surface area contributed by atoms with Crippen LogP contribution in [0.15, 0.2) is 36.4 Å². The van der Waals surface area contributed by atoms with Gasteiger partial charge < -0.3 is 19.5 Å². The van der Waals surface area contributed by atoms with Crippen LogP contribution >= 0.6 is 0 Å². The molecule has 0 radical (unpaired) electrons. The van der Waals surface area contributed by atoms with Gasteiger partial charge in [0.15, 0.2) is 11.5 Å². The molecule has 0 atom stereocenters. The van der Waals surface area contributed by atoms with Crippen molar-refractivity contribution in [1.29, 1.82) is 5.26 Å². The van der Waals surface area contributed by atoms with Gasteiger partial charge in [0.05, 0.1) is 32.6 Å². The Morgan fingerprint density at radius 2 is 1.57 bits per heavy atom. The first-order valence-electron chi connectivity index (χ1n) is 6.29. The average Bonchev–Trinajstić information content (AvgIpc) is 2.54. The molecule has 0 aliphatic heterocycles. The number of hydrogen-bond donors (Lipinski definition) is 1. The van der Waals surface area contributed by atoms with Gasteiger partial charge in [0, 0.05) is 17.8 Å². The molecule has 108 valence electrons. The third-order valence-electron chi connectivity index (χ3n) is 2.99. The molecule has 2 rings (SSSR count). The van der Waals surface area contributed by atoms with Crippen LogP contribution in [0.25, 0.3) is 0 Å². The van der Waals surface area contributed by atoms with Crippen LogP contribution in [0, 0.1) is 11.3 Å². The van der Waals surface area contributed by atoms with Gasteiger partial charge in [-0.1, -0.05) is 12.1 Å². The van der Waals surface area contributed by atoms with Crippen molar-refractivity contribution in [3.8, 4) is 23.3 Å². The Kier molecular flexibility index (Phi) is 4.52. The smallest absolute Gasteiger partial charge is 0.203 e. The van der Waals surface area contributed by atoms with Gasteiger partial charge >= 0.3 is 0 Å². The second kappa shape index (κ2) is 6.53. The molecule has 2 aromatic rings. The quantitative estimate of drug-likeness (QED) is 0.912. The third-order valence-corrected chi connectivity index (χ3v) is 2.99. The summed E-state index contributed by atoms with van der Waals surface area (Å²) in [7, 11) is 4.67. The summed E-state index contributed by atoms with van der Waals surface area (Å²) in [6.07, 6.45) is 0. The summed E-state index contributed by atoms with van der Waals surface area (Å²) in [5.74, 6) is 1.63. The molecule has 21 heavy (non-hydrogen) atoms. The Balaban J connectivity index is 2.43. The van der Waals surface area contributed by atoms with E-state index in [9.17, 15) is 0 Å². The highest BCUT2D eigenvalue weighted by Crippen LogP contribution is 2.40. The number of nitriles is 1. The third kappa shape index (κ3) is 3.00. The molecule has 0 aromatic heterocycles. The fourth-order valence-corrected chi connectivity index (χ4v) is 2.00. The van der Waals surface area contributed by atoms with Gasteiger partial charge in [0.2, 0.25) is 5.75 Å². The van der Waals surface area contributed by atoms with Crippen molar-refractivity contribution in [2.24, 2.45) is 0 Å². The van der Waals surface area contributed by atoms with Crippen molar-refractivity contribution in [2.75, 3.05) is 26.6 Å². The molecular formula is C16H16N2O3. The molecule has 0 saturated carbocycles. The van der Waals surface area contributed by atoms with E-state index in [1.807, 2.05) is 18.2 Å². The molecule has 1 N–H and O–H groups in total. The van der Waals surface area contributed by atoms with Gasteiger partial charge in [0.25, 0.3) is 0 Å². The zero-order valence-electron chi connectivity index (χ0n) is 12.1. The second-order valence-corrected chi connectivity index (χ2v) is 4.20. The van der Waals surface area contributed by atoms with E-state index >= 15 is 0 Å². The van der Waals surface area contributed by atoms with Crippen LogP contribution in [0.5, 0.6) is 17.2 Å². The predicted octanol–water partition coefficient (Wildman–Crippen LogP) is 3.33. The van der Waals surface area contributed by atoms with Crippen molar-refractivity contribution in [3.63, 3.8) is 0 Å². The first-order chi connectivity index (χ1) is 10.2. The largest absolute Gasteiger partial charge is 0.493 e. The van der Waals surface area contributed by atoms with Gasteiger partial charge in [-0.2, -0.15) is 5.26 Å². The summed E-state index contributed by atoms with van der Waals surface area (Å²) in [6.45, 7) is 0. The van der Waals surface area contributed by atoms with E-state index in [0.717, 1.165) is 5.69 Å². The lowest BCUT2D eigenvalue weighted by molar-refractivity contribution is 0.324. The Bertz CT molecular complexity index is 652. The average molecular weight is 284 g/mol. The topological polar surface area (TPSA) is 63.5 Å². The van der Waals surface area contributed by atoms with Crippen molar-refractivity contribution in [3.05, 3.63) is 42.0 Å². The van der Waals surface area contributed by atoms with Gasteiger partial charge in [-0.3, -0.25) is 0 Å². The number of rotatable bonds is 5. The summed E-state index contributed by atoms with van der Waals surface area (Å²) in [5, 5.41) is 12.3. The zero-order valence-corrected chi connectivity index (χ0v) is 12.1. The molecule has 0 amide bonds. The fourth-order valence-electron chi connectivity index (χ4n) is 2.00. The Labute approximate surface area is 123 Å². The van der Waals surface area contributed by atoms with Crippen LogP contribution in [0.2, 0.25) is 0 Å². The second-order valence-electron chi connectivity index (χ2n) is 4.20. The molecule has 2 aromatic carbocycles. The SMILES string of the molecule is COc1cc(Nc2ccccc2C#N)cc(OC)c1OC. The van der Waals surface area contributed by atoms with E-state index in [2.05, 4.69) is 11.4 Å². The minimum atomic E-state index is 0.527. The number of benzene rings is 2. The Morgan fingerprint density at radius 3 is 2.10 bits per heavy atom. The van der Waals surface area contributed by atoms with Gasteiger partial charge in [-0.15, -0.1) is 0 Å². The number of para-hydroxylation sites is 1. The Hall–Kier alpha value is -2.87. The molecule has 0 bridgehead atoms. The molecule has 0 heterocycles. The number of ether oxygens (including phenoxy) is 3. The maximum absolute atomic E-state index is 9.12. The van der Waals surface area contributed by atoms with E-state index in [1.54, 1.807) is 39.5 Å². The highest BCUT2D eigenvalue weighted by Gasteiger charge is 2.13. The molecule has 5 nitrogen and oxygen atoms in total. The number of anilines is 2. The summed E-state index contributed by atoms with van der Waals surface area (Å²) < 4.78 is 15.9. The first kappa shape index (κ1) is 14.5. The van der Waals surface area contributed by atoms with Gasteiger partial charge in [-0.05, 0) is 12.1 Å². The van der Waals surface area contributed by atoms with E-state index < -0.39 is 0 Å². The number of hydrogen-bond acceptors (Lipinski definition) is 5. The van der Waals surface area contributed by atoms with E-state index in [1.165, 1.54) is 0 Å². The normalized spacial score (nSPS) is 9.62. The van der Waals surface area contributed by atoms with E-state index in [-0.39, 0.29) is 0 Å². The molecule has 0 fully saturated rings. The summed E-state index contributed by atoms with van der Waals surface area (Å²) >= 11 is 0. The van der Waals surface area contributed by atoms with Crippen LogP contribution in [0.4, 0.5) is 11.4 Å². The molecule has 0 aliphatic rings. The molecule has 0 aliphatic carbocycles. The fraction of sp³-hybridized carbons (Fsp3) is 0.188. The molecule has 0 spiro atoms. The molecule has 5 heteroatoms.